The third-order valence-electron chi connectivity index (χ3n) is 2.19. The fraction of sp³-hybridized carbons (Fsp3) is 0.857. The molecule has 0 nitrogen and oxygen atoms in total. The number of allylic oxidation sites excluding steroid dienone is 2. The van der Waals surface area contributed by atoms with Gasteiger partial charge in [0, 0.05) is 0 Å². The predicted molar refractivity (Wildman–Crippen MR) is 66.5 cm³/mol. The molecule has 0 heteroatoms. The molecule has 0 saturated carbocycles. The van der Waals surface area contributed by atoms with Gasteiger partial charge >= 0.3 is 0 Å². The van der Waals surface area contributed by atoms with Crippen molar-refractivity contribution in [2.75, 3.05) is 0 Å². The van der Waals surface area contributed by atoms with Crippen molar-refractivity contribution >= 4 is 0 Å². The van der Waals surface area contributed by atoms with Gasteiger partial charge in [0.1, 0.15) is 0 Å². The zero-order chi connectivity index (χ0) is 11.2. The Bertz CT molecular complexity index is 161. The lowest BCUT2D eigenvalue weighted by molar-refractivity contribution is 0.366. The van der Waals surface area contributed by atoms with E-state index in [1.54, 1.807) is 0 Å². The van der Waals surface area contributed by atoms with Gasteiger partial charge in [0.2, 0.25) is 0 Å². The van der Waals surface area contributed by atoms with Crippen molar-refractivity contribution in [3.63, 3.8) is 0 Å². The van der Waals surface area contributed by atoms with Crippen LogP contribution in [0.25, 0.3) is 0 Å². The number of hydrogen-bond donors (Lipinski definition) is 0. The standard InChI is InChI=1S/C14H28/c1-13(2,3)11-9-7-8-10-12-14(4,5)6/h7,9H,8,10-12H2,1-6H3/b9-7+. The minimum atomic E-state index is 0.445. The Labute approximate surface area is 90.8 Å². The largest absolute Gasteiger partial charge is 0.0885 e. The van der Waals surface area contributed by atoms with Crippen LogP contribution in [0.15, 0.2) is 12.2 Å². The van der Waals surface area contributed by atoms with E-state index in [-0.39, 0.29) is 0 Å². The SMILES string of the molecule is CC(C)(C)C/C=C/CCCC(C)(C)C. The van der Waals surface area contributed by atoms with Gasteiger partial charge in [-0.15, -0.1) is 0 Å². The summed E-state index contributed by atoms with van der Waals surface area (Å²) < 4.78 is 0. The fourth-order valence-corrected chi connectivity index (χ4v) is 1.30. The highest BCUT2D eigenvalue weighted by molar-refractivity contribution is 4.86. The Kier molecular flexibility index (Phi) is 5.48. The summed E-state index contributed by atoms with van der Waals surface area (Å²) in [5, 5.41) is 0. The van der Waals surface area contributed by atoms with Crippen molar-refractivity contribution in [2.24, 2.45) is 10.8 Å². The molecule has 14 heavy (non-hydrogen) atoms. The van der Waals surface area contributed by atoms with Crippen LogP contribution in [0, 0.1) is 10.8 Å². The van der Waals surface area contributed by atoms with Crippen molar-refractivity contribution in [1.29, 1.82) is 0 Å². The van der Waals surface area contributed by atoms with Gasteiger partial charge in [-0.2, -0.15) is 0 Å². The third kappa shape index (κ3) is 11.7. The second-order valence-electron chi connectivity index (χ2n) is 6.69. The molecule has 0 aliphatic rings. The second kappa shape index (κ2) is 5.58. The van der Waals surface area contributed by atoms with E-state index in [9.17, 15) is 0 Å². The first-order valence-electron chi connectivity index (χ1n) is 5.86. The lowest BCUT2D eigenvalue weighted by Gasteiger charge is -2.17. The third-order valence-corrected chi connectivity index (χ3v) is 2.19. The van der Waals surface area contributed by atoms with E-state index in [4.69, 9.17) is 0 Å². The highest BCUT2D eigenvalue weighted by Crippen LogP contribution is 2.22. The second-order valence-corrected chi connectivity index (χ2v) is 6.69. The van der Waals surface area contributed by atoms with Crippen LogP contribution in [-0.4, -0.2) is 0 Å². The van der Waals surface area contributed by atoms with Crippen LogP contribution in [0.4, 0.5) is 0 Å². The maximum atomic E-state index is 2.34. The van der Waals surface area contributed by atoms with Gasteiger partial charge in [0.15, 0.2) is 0 Å². The lowest BCUT2D eigenvalue weighted by Crippen LogP contribution is -2.03. The van der Waals surface area contributed by atoms with Crippen LogP contribution < -0.4 is 0 Å². The van der Waals surface area contributed by atoms with Gasteiger partial charge in [-0.25, -0.2) is 0 Å². The molecule has 0 spiro atoms. The van der Waals surface area contributed by atoms with Crippen LogP contribution >= 0.6 is 0 Å². The highest BCUT2D eigenvalue weighted by atomic mass is 14.1. The van der Waals surface area contributed by atoms with E-state index in [2.05, 4.69) is 53.7 Å². The molecule has 0 saturated heterocycles. The monoisotopic (exact) mass is 196 g/mol. The molecule has 0 aromatic heterocycles. The molecule has 0 aromatic carbocycles. The highest BCUT2D eigenvalue weighted by Gasteiger charge is 2.08. The van der Waals surface area contributed by atoms with E-state index in [0.29, 0.717) is 10.8 Å². The molecule has 0 atom stereocenters. The lowest BCUT2D eigenvalue weighted by atomic mass is 9.89. The van der Waals surface area contributed by atoms with Crippen LogP contribution in [0.3, 0.4) is 0 Å². The van der Waals surface area contributed by atoms with Crippen molar-refractivity contribution in [1.82, 2.24) is 0 Å². The summed E-state index contributed by atoms with van der Waals surface area (Å²) in [7, 11) is 0. The molecule has 0 aliphatic heterocycles. The summed E-state index contributed by atoms with van der Waals surface area (Å²) in [6.07, 6.45) is 9.77. The Morgan fingerprint density at radius 1 is 0.786 bits per heavy atom. The molecule has 0 radical (unpaired) electrons. The minimum absolute atomic E-state index is 0.445. The average molecular weight is 196 g/mol. The predicted octanol–water partition coefficient (Wildman–Crippen LogP) is 5.20. The summed E-state index contributed by atoms with van der Waals surface area (Å²) in [5.74, 6) is 0. The van der Waals surface area contributed by atoms with Crippen molar-refractivity contribution < 1.29 is 0 Å². The summed E-state index contributed by atoms with van der Waals surface area (Å²) in [6.45, 7) is 13.8. The molecule has 0 amide bonds. The van der Waals surface area contributed by atoms with Gasteiger partial charge < -0.3 is 0 Å². The molecular weight excluding hydrogens is 168 g/mol. The topological polar surface area (TPSA) is 0 Å². The Balaban J connectivity index is 3.46. The fourth-order valence-electron chi connectivity index (χ4n) is 1.30. The Morgan fingerprint density at radius 2 is 1.36 bits per heavy atom. The van der Waals surface area contributed by atoms with Crippen LogP contribution in [0.1, 0.15) is 67.2 Å². The molecular formula is C14H28. The quantitative estimate of drug-likeness (QED) is 0.428. The van der Waals surface area contributed by atoms with Gasteiger partial charge in [0.25, 0.3) is 0 Å². The summed E-state index contributed by atoms with van der Waals surface area (Å²) in [5.41, 5.74) is 0.943. The van der Waals surface area contributed by atoms with Crippen LogP contribution in [-0.2, 0) is 0 Å². The normalized spacial score (nSPS) is 13.9. The zero-order valence-electron chi connectivity index (χ0n) is 11.0. The Morgan fingerprint density at radius 3 is 1.79 bits per heavy atom. The molecule has 0 rings (SSSR count). The van der Waals surface area contributed by atoms with E-state index in [0.717, 1.165) is 0 Å². The van der Waals surface area contributed by atoms with Gasteiger partial charge in [-0.3, -0.25) is 0 Å². The van der Waals surface area contributed by atoms with E-state index >= 15 is 0 Å². The molecule has 0 aromatic rings. The smallest absolute Gasteiger partial charge is 0.0302 e. The summed E-state index contributed by atoms with van der Waals surface area (Å²) in [6, 6.07) is 0. The maximum absolute atomic E-state index is 2.34. The van der Waals surface area contributed by atoms with Crippen molar-refractivity contribution in [2.45, 2.75) is 67.2 Å². The molecule has 0 aliphatic carbocycles. The average Bonchev–Trinajstić information content (AvgIpc) is 1.92. The number of unbranched alkanes of at least 4 members (excludes halogenated alkanes) is 1. The van der Waals surface area contributed by atoms with Crippen molar-refractivity contribution in [3.8, 4) is 0 Å². The first-order chi connectivity index (χ1) is 6.21. The van der Waals surface area contributed by atoms with Gasteiger partial charge in [-0.05, 0) is 36.5 Å². The van der Waals surface area contributed by atoms with E-state index in [1.165, 1.54) is 25.7 Å². The van der Waals surface area contributed by atoms with E-state index in [1.807, 2.05) is 0 Å². The zero-order valence-corrected chi connectivity index (χ0v) is 11.0. The molecule has 0 fully saturated rings. The molecule has 0 bridgehead atoms. The Hall–Kier alpha value is -0.260. The molecule has 0 unspecified atom stereocenters. The first kappa shape index (κ1) is 13.7. The summed E-state index contributed by atoms with van der Waals surface area (Å²) >= 11 is 0. The number of rotatable bonds is 4. The van der Waals surface area contributed by atoms with E-state index < -0.39 is 0 Å². The van der Waals surface area contributed by atoms with Crippen molar-refractivity contribution in [3.05, 3.63) is 12.2 Å². The molecule has 84 valence electrons. The van der Waals surface area contributed by atoms with Crippen LogP contribution in [0.5, 0.6) is 0 Å². The summed E-state index contributed by atoms with van der Waals surface area (Å²) in [4.78, 5) is 0. The minimum Gasteiger partial charge on any atom is -0.0885 e. The van der Waals surface area contributed by atoms with Gasteiger partial charge in [-0.1, -0.05) is 53.7 Å². The first-order valence-corrected chi connectivity index (χ1v) is 5.86. The molecule has 0 heterocycles. The maximum Gasteiger partial charge on any atom is -0.0302 e. The van der Waals surface area contributed by atoms with Gasteiger partial charge in [0.05, 0.1) is 0 Å². The van der Waals surface area contributed by atoms with Crippen LogP contribution in [0.2, 0.25) is 0 Å². The molecule has 0 N–H and O–H groups in total. The number of hydrogen-bond acceptors (Lipinski definition) is 0.